The molecule has 0 saturated heterocycles. The van der Waals surface area contributed by atoms with Crippen molar-refractivity contribution >= 4 is 23.5 Å². The normalized spacial score (nSPS) is 12.8. The predicted molar refractivity (Wildman–Crippen MR) is 124 cm³/mol. The molecule has 0 fully saturated rings. The average Bonchev–Trinajstić information content (AvgIpc) is 2.80. The van der Waals surface area contributed by atoms with E-state index >= 15 is 0 Å². The van der Waals surface area contributed by atoms with Gasteiger partial charge in [-0.05, 0) is 56.7 Å². The Bertz CT molecular complexity index is 983. The van der Waals surface area contributed by atoms with E-state index < -0.39 is 24.2 Å². The molecule has 1 atom stereocenters. The summed E-state index contributed by atoms with van der Waals surface area (Å²) in [4.78, 5) is 29.5. The van der Waals surface area contributed by atoms with Crippen molar-refractivity contribution in [2.45, 2.75) is 63.8 Å². The van der Waals surface area contributed by atoms with Crippen LogP contribution in [0.25, 0.3) is 0 Å². The number of aliphatic hydroxyl groups is 1. The first-order valence-corrected chi connectivity index (χ1v) is 11.5. The standard InChI is InChI=1S/C25H29ClF3NO5/c1-24(2,14-6-9-17-7-4-3-5-8-17)30-16-21(31)19-15-18(10-12-20(19)26)11-13-22(32)34-35-23(33)25(27,28)29/h3-5,7-8,10,12,15,21,30-31H,6,9,11,13-14,16H2,1-2H3/t21-/m1/s1. The third-order valence-corrected chi connectivity index (χ3v) is 5.71. The van der Waals surface area contributed by atoms with E-state index in [1.165, 1.54) is 5.56 Å². The average molecular weight is 516 g/mol. The van der Waals surface area contributed by atoms with Crippen molar-refractivity contribution in [1.82, 2.24) is 5.32 Å². The quantitative estimate of drug-likeness (QED) is 0.314. The van der Waals surface area contributed by atoms with E-state index in [1.807, 2.05) is 18.2 Å². The lowest BCUT2D eigenvalue weighted by Gasteiger charge is -2.28. The molecule has 0 amide bonds. The van der Waals surface area contributed by atoms with E-state index in [2.05, 4.69) is 41.1 Å². The number of carbonyl (C=O) groups excluding carboxylic acids is 2. The first-order valence-electron chi connectivity index (χ1n) is 11.1. The molecule has 0 aromatic heterocycles. The fourth-order valence-corrected chi connectivity index (χ4v) is 3.62. The highest BCUT2D eigenvalue weighted by atomic mass is 35.5. The van der Waals surface area contributed by atoms with Crippen LogP contribution in [0.1, 0.15) is 55.9 Å². The minimum Gasteiger partial charge on any atom is -0.387 e. The number of aliphatic hydroxyl groups excluding tert-OH is 1. The van der Waals surface area contributed by atoms with Crippen molar-refractivity contribution in [3.05, 3.63) is 70.2 Å². The van der Waals surface area contributed by atoms with Crippen LogP contribution in [0.15, 0.2) is 48.5 Å². The third kappa shape index (κ3) is 10.3. The SMILES string of the molecule is CC(C)(CCCc1ccccc1)NC[C@@H](O)c1cc(CCC(=O)OOC(=O)C(F)(F)F)ccc1Cl. The van der Waals surface area contributed by atoms with Gasteiger partial charge in [-0.3, -0.25) is 0 Å². The second-order valence-corrected chi connectivity index (χ2v) is 9.21. The maximum atomic E-state index is 12.1. The number of aryl methyl sites for hydroxylation is 2. The Labute approximate surface area is 207 Å². The van der Waals surface area contributed by atoms with E-state index in [9.17, 15) is 27.9 Å². The Hall–Kier alpha value is -2.62. The minimum atomic E-state index is -5.26. The lowest BCUT2D eigenvalue weighted by atomic mass is 9.94. The first kappa shape index (κ1) is 28.6. The molecule has 2 aromatic rings. The molecule has 0 aliphatic rings. The molecule has 2 N–H and O–H groups in total. The summed E-state index contributed by atoms with van der Waals surface area (Å²) in [6.45, 7) is 4.36. The van der Waals surface area contributed by atoms with Gasteiger partial charge in [0.15, 0.2) is 0 Å². The van der Waals surface area contributed by atoms with Crippen LogP contribution in [0, 0.1) is 0 Å². The summed E-state index contributed by atoms with van der Waals surface area (Å²) in [6, 6.07) is 15.0. The van der Waals surface area contributed by atoms with Crippen molar-refractivity contribution in [2.24, 2.45) is 0 Å². The van der Waals surface area contributed by atoms with Crippen LogP contribution in [-0.4, -0.2) is 35.3 Å². The third-order valence-electron chi connectivity index (χ3n) is 5.36. The van der Waals surface area contributed by atoms with Gasteiger partial charge in [0.25, 0.3) is 0 Å². The van der Waals surface area contributed by atoms with Crippen LogP contribution in [-0.2, 0) is 32.2 Å². The molecule has 0 unspecified atom stereocenters. The molecule has 0 heterocycles. The predicted octanol–water partition coefficient (Wildman–Crippen LogP) is 5.26. The molecule has 0 aliphatic heterocycles. The lowest BCUT2D eigenvalue weighted by molar-refractivity contribution is -0.285. The summed E-state index contributed by atoms with van der Waals surface area (Å²) < 4.78 is 36.2. The monoisotopic (exact) mass is 515 g/mol. The van der Waals surface area contributed by atoms with Crippen molar-refractivity contribution < 1.29 is 37.6 Å². The Balaban J connectivity index is 1.83. The summed E-state index contributed by atoms with van der Waals surface area (Å²) in [6.07, 6.45) is -3.61. The molecular formula is C25H29ClF3NO5. The summed E-state index contributed by atoms with van der Waals surface area (Å²) >= 11 is 6.24. The zero-order chi connectivity index (χ0) is 26.1. The smallest absolute Gasteiger partial charge is 0.387 e. The number of β-amino-alcohol motifs (C(OH)–C–C–N with tert-alkyl or cyclic N) is 1. The van der Waals surface area contributed by atoms with E-state index in [1.54, 1.807) is 18.2 Å². The van der Waals surface area contributed by atoms with Gasteiger partial charge in [0, 0.05) is 22.7 Å². The van der Waals surface area contributed by atoms with E-state index in [4.69, 9.17) is 11.6 Å². The van der Waals surface area contributed by atoms with Crippen molar-refractivity contribution in [3.8, 4) is 0 Å². The summed E-state index contributed by atoms with van der Waals surface area (Å²) in [5.74, 6) is -3.75. The highest BCUT2D eigenvalue weighted by Gasteiger charge is 2.43. The molecule has 2 aromatic carbocycles. The number of alkyl halides is 3. The molecule has 0 radical (unpaired) electrons. The number of rotatable bonds is 11. The maximum absolute atomic E-state index is 12.1. The number of hydrogen-bond donors (Lipinski definition) is 2. The van der Waals surface area contributed by atoms with Crippen LogP contribution < -0.4 is 5.32 Å². The van der Waals surface area contributed by atoms with Crippen LogP contribution in [0.5, 0.6) is 0 Å². The van der Waals surface area contributed by atoms with Gasteiger partial charge < -0.3 is 10.4 Å². The highest BCUT2D eigenvalue weighted by Crippen LogP contribution is 2.26. The van der Waals surface area contributed by atoms with Crippen LogP contribution in [0.3, 0.4) is 0 Å². The van der Waals surface area contributed by atoms with Gasteiger partial charge in [-0.2, -0.15) is 13.2 Å². The van der Waals surface area contributed by atoms with Gasteiger partial charge >= 0.3 is 18.1 Å². The zero-order valence-corrected chi connectivity index (χ0v) is 20.3. The van der Waals surface area contributed by atoms with E-state index in [0.29, 0.717) is 16.1 Å². The molecule has 2 rings (SSSR count). The van der Waals surface area contributed by atoms with Gasteiger partial charge in [-0.25, -0.2) is 19.4 Å². The number of nitrogens with one attached hydrogen (secondary N) is 1. The topological polar surface area (TPSA) is 84.9 Å². The maximum Gasteiger partial charge on any atom is 0.495 e. The Kier molecular flexibility index (Phi) is 10.5. The van der Waals surface area contributed by atoms with Gasteiger partial charge in [0.2, 0.25) is 0 Å². The molecule has 0 saturated carbocycles. The second kappa shape index (κ2) is 12.9. The molecule has 0 bridgehead atoms. The number of halogens is 4. The van der Waals surface area contributed by atoms with E-state index in [-0.39, 0.29) is 24.9 Å². The minimum absolute atomic E-state index is 0.0810. The largest absolute Gasteiger partial charge is 0.495 e. The van der Waals surface area contributed by atoms with Gasteiger partial charge in [0.05, 0.1) is 12.5 Å². The van der Waals surface area contributed by atoms with Crippen LogP contribution >= 0.6 is 11.6 Å². The Morgan fingerprint density at radius 1 is 1.03 bits per heavy atom. The molecule has 0 spiro atoms. The van der Waals surface area contributed by atoms with Gasteiger partial charge in [-0.1, -0.05) is 54.1 Å². The number of hydrogen-bond acceptors (Lipinski definition) is 6. The molecule has 192 valence electrons. The number of carbonyl (C=O) groups is 2. The highest BCUT2D eigenvalue weighted by molar-refractivity contribution is 6.31. The molecule has 0 aliphatic carbocycles. The molecular weight excluding hydrogens is 487 g/mol. The van der Waals surface area contributed by atoms with Crippen molar-refractivity contribution in [3.63, 3.8) is 0 Å². The van der Waals surface area contributed by atoms with Gasteiger partial charge in [0.1, 0.15) is 0 Å². The van der Waals surface area contributed by atoms with Crippen LogP contribution in [0.4, 0.5) is 13.2 Å². The second-order valence-electron chi connectivity index (χ2n) is 8.80. The summed E-state index contributed by atoms with van der Waals surface area (Å²) in [5.41, 5.74) is 2.10. The van der Waals surface area contributed by atoms with Crippen molar-refractivity contribution in [2.75, 3.05) is 6.54 Å². The summed E-state index contributed by atoms with van der Waals surface area (Å²) in [7, 11) is 0. The molecule has 6 nitrogen and oxygen atoms in total. The van der Waals surface area contributed by atoms with Crippen molar-refractivity contribution in [1.29, 1.82) is 0 Å². The first-order chi connectivity index (χ1) is 16.4. The van der Waals surface area contributed by atoms with Gasteiger partial charge in [-0.15, -0.1) is 0 Å². The summed E-state index contributed by atoms with van der Waals surface area (Å²) in [5, 5.41) is 14.4. The number of benzene rings is 2. The zero-order valence-electron chi connectivity index (χ0n) is 19.5. The van der Waals surface area contributed by atoms with E-state index in [0.717, 1.165) is 19.3 Å². The fourth-order valence-electron chi connectivity index (χ4n) is 3.37. The van der Waals surface area contributed by atoms with Crippen LogP contribution in [0.2, 0.25) is 5.02 Å². The lowest BCUT2D eigenvalue weighted by Crippen LogP contribution is -2.41. The molecule has 10 heteroatoms. The Morgan fingerprint density at radius 2 is 1.71 bits per heavy atom. The molecule has 35 heavy (non-hydrogen) atoms. The Morgan fingerprint density at radius 3 is 2.37 bits per heavy atom. The fraction of sp³-hybridized carbons (Fsp3) is 0.440.